The van der Waals surface area contributed by atoms with Gasteiger partial charge in [0.25, 0.3) is 11.8 Å². The van der Waals surface area contributed by atoms with Crippen LogP contribution in [-0.4, -0.2) is 52.8 Å². The normalized spacial score (nSPS) is 18.8. The fraction of sp³-hybridized carbons (Fsp3) is 0.300. The third kappa shape index (κ3) is 3.91. The monoisotopic (exact) mass is 269 g/mol. The molecule has 1 rings (SSSR count). The number of hydrogen-bond donors (Lipinski definition) is 3. The fourth-order valence-corrected chi connectivity index (χ4v) is 1.36. The van der Waals surface area contributed by atoms with Crippen LogP contribution in [-0.2, 0) is 19.2 Å². The Labute approximate surface area is 107 Å². The zero-order valence-corrected chi connectivity index (χ0v) is 9.87. The Morgan fingerprint density at radius 3 is 2.42 bits per heavy atom. The van der Waals surface area contributed by atoms with Gasteiger partial charge < -0.3 is 10.4 Å². The van der Waals surface area contributed by atoms with E-state index in [-0.39, 0.29) is 6.42 Å². The molecule has 0 radical (unpaired) electrons. The molecule has 0 aliphatic carbocycles. The lowest BCUT2D eigenvalue weighted by molar-refractivity contribution is -0.137. The molecule has 0 saturated carbocycles. The predicted octanol–water partition coefficient (Wildman–Crippen LogP) is -1.79. The van der Waals surface area contributed by atoms with Crippen LogP contribution in [0.2, 0.25) is 0 Å². The Morgan fingerprint density at radius 1 is 1.32 bits per heavy atom. The fourth-order valence-electron chi connectivity index (χ4n) is 1.36. The number of nitrogens with zero attached hydrogens (tertiary/aromatic N) is 1. The maximum Gasteiger partial charge on any atom is 0.328 e. The van der Waals surface area contributed by atoms with Gasteiger partial charge in [-0.2, -0.15) is 0 Å². The second kappa shape index (κ2) is 5.76. The van der Waals surface area contributed by atoms with Crippen molar-refractivity contribution >= 4 is 29.7 Å². The van der Waals surface area contributed by atoms with Crippen LogP contribution in [0.1, 0.15) is 6.42 Å². The summed E-state index contributed by atoms with van der Waals surface area (Å²) in [5.41, 5.74) is 0. The SMILES string of the molecule is CN1C(=O)CC(NC(=O)NC(=O)C=CC(=O)O)C1=O. The highest BCUT2D eigenvalue weighted by Crippen LogP contribution is 2.09. The molecule has 9 heteroatoms. The number of rotatable bonds is 3. The molecule has 1 aliphatic rings. The number of urea groups is 1. The van der Waals surface area contributed by atoms with E-state index in [9.17, 15) is 24.0 Å². The third-order valence-electron chi connectivity index (χ3n) is 2.30. The number of likely N-dealkylation sites (tertiary alicyclic amines) is 1. The summed E-state index contributed by atoms with van der Waals surface area (Å²) in [6.45, 7) is 0. The van der Waals surface area contributed by atoms with Crippen molar-refractivity contribution in [3.8, 4) is 0 Å². The molecule has 1 fully saturated rings. The molecule has 19 heavy (non-hydrogen) atoms. The van der Waals surface area contributed by atoms with Crippen LogP contribution in [0.4, 0.5) is 4.79 Å². The van der Waals surface area contributed by atoms with Crippen molar-refractivity contribution in [3.63, 3.8) is 0 Å². The summed E-state index contributed by atoms with van der Waals surface area (Å²) in [7, 11) is 1.28. The van der Waals surface area contributed by atoms with Crippen LogP contribution >= 0.6 is 0 Å². The third-order valence-corrected chi connectivity index (χ3v) is 2.30. The van der Waals surface area contributed by atoms with E-state index in [4.69, 9.17) is 5.11 Å². The van der Waals surface area contributed by atoms with Crippen molar-refractivity contribution in [2.24, 2.45) is 0 Å². The van der Waals surface area contributed by atoms with Crippen LogP contribution in [0, 0.1) is 0 Å². The Balaban J connectivity index is 2.48. The zero-order chi connectivity index (χ0) is 14.6. The van der Waals surface area contributed by atoms with Crippen LogP contribution in [0.25, 0.3) is 0 Å². The van der Waals surface area contributed by atoms with E-state index in [1.54, 1.807) is 5.32 Å². The van der Waals surface area contributed by atoms with Gasteiger partial charge in [-0.3, -0.25) is 24.6 Å². The smallest absolute Gasteiger partial charge is 0.328 e. The number of hydrogen-bond acceptors (Lipinski definition) is 5. The molecule has 0 aromatic carbocycles. The van der Waals surface area contributed by atoms with E-state index in [1.807, 2.05) is 0 Å². The summed E-state index contributed by atoms with van der Waals surface area (Å²) < 4.78 is 0. The average Bonchev–Trinajstić information content (AvgIpc) is 2.54. The molecule has 0 spiro atoms. The van der Waals surface area contributed by atoms with Crippen molar-refractivity contribution in [2.45, 2.75) is 12.5 Å². The Kier molecular flexibility index (Phi) is 4.35. The lowest BCUT2D eigenvalue weighted by atomic mass is 10.2. The molecule has 1 unspecified atom stereocenters. The first-order valence-electron chi connectivity index (χ1n) is 5.14. The first-order valence-corrected chi connectivity index (χ1v) is 5.14. The van der Waals surface area contributed by atoms with Gasteiger partial charge in [-0.15, -0.1) is 0 Å². The van der Waals surface area contributed by atoms with Crippen molar-refractivity contribution in [1.82, 2.24) is 15.5 Å². The quantitative estimate of drug-likeness (QED) is 0.409. The molecule has 1 saturated heterocycles. The second-order valence-corrected chi connectivity index (χ2v) is 3.68. The largest absolute Gasteiger partial charge is 0.478 e. The summed E-state index contributed by atoms with van der Waals surface area (Å²) in [6.07, 6.45) is 1.03. The molecule has 0 bridgehead atoms. The molecule has 5 amide bonds. The number of carboxylic acids is 1. The van der Waals surface area contributed by atoms with Crippen molar-refractivity contribution < 1.29 is 29.1 Å². The van der Waals surface area contributed by atoms with E-state index < -0.39 is 35.8 Å². The highest BCUT2D eigenvalue weighted by molar-refractivity contribution is 6.08. The molecule has 3 N–H and O–H groups in total. The molecule has 0 aromatic rings. The summed E-state index contributed by atoms with van der Waals surface area (Å²) >= 11 is 0. The maximum absolute atomic E-state index is 11.4. The van der Waals surface area contributed by atoms with Gasteiger partial charge in [0.2, 0.25) is 5.91 Å². The first kappa shape index (κ1) is 14.4. The first-order chi connectivity index (χ1) is 8.81. The summed E-state index contributed by atoms with van der Waals surface area (Å²) in [5, 5.41) is 12.2. The number of aliphatic carboxylic acids is 1. The van der Waals surface area contributed by atoms with E-state index in [0.29, 0.717) is 12.2 Å². The zero-order valence-electron chi connectivity index (χ0n) is 9.87. The van der Waals surface area contributed by atoms with Crippen molar-refractivity contribution in [2.75, 3.05) is 7.05 Å². The van der Waals surface area contributed by atoms with E-state index in [2.05, 4.69) is 5.32 Å². The summed E-state index contributed by atoms with van der Waals surface area (Å²) in [5.74, 6) is -3.31. The summed E-state index contributed by atoms with van der Waals surface area (Å²) in [6, 6.07) is -2.00. The Morgan fingerprint density at radius 2 is 1.95 bits per heavy atom. The maximum atomic E-state index is 11.4. The number of carboxylic acid groups (broad SMARTS) is 1. The number of nitrogens with one attached hydrogen (secondary N) is 2. The van der Waals surface area contributed by atoms with Crippen molar-refractivity contribution in [1.29, 1.82) is 0 Å². The molecule has 1 atom stereocenters. The summed E-state index contributed by atoms with van der Waals surface area (Å²) in [4.78, 5) is 56.0. The van der Waals surface area contributed by atoms with Gasteiger partial charge >= 0.3 is 12.0 Å². The highest BCUT2D eigenvalue weighted by atomic mass is 16.4. The number of likely N-dealkylation sites (N-methyl/N-ethyl adjacent to an activating group) is 1. The lowest BCUT2D eigenvalue weighted by Crippen LogP contribution is -2.47. The van der Waals surface area contributed by atoms with Gasteiger partial charge in [0.05, 0.1) is 6.42 Å². The molecule has 1 heterocycles. The molecule has 9 nitrogen and oxygen atoms in total. The molecular formula is C10H11N3O6. The minimum Gasteiger partial charge on any atom is -0.478 e. The molecule has 102 valence electrons. The Hall–Kier alpha value is -2.71. The van der Waals surface area contributed by atoms with Gasteiger partial charge in [-0.1, -0.05) is 0 Å². The van der Waals surface area contributed by atoms with Crippen molar-refractivity contribution in [3.05, 3.63) is 12.2 Å². The molecular weight excluding hydrogens is 258 g/mol. The minimum absolute atomic E-state index is 0.179. The Bertz CT molecular complexity index is 484. The van der Waals surface area contributed by atoms with Gasteiger partial charge in [0.1, 0.15) is 6.04 Å². The second-order valence-electron chi connectivity index (χ2n) is 3.68. The van der Waals surface area contributed by atoms with Gasteiger partial charge in [0, 0.05) is 19.2 Å². The highest BCUT2D eigenvalue weighted by Gasteiger charge is 2.36. The van der Waals surface area contributed by atoms with Gasteiger partial charge in [-0.25, -0.2) is 9.59 Å². The van der Waals surface area contributed by atoms with Gasteiger partial charge in [0.15, 0.2) is 0 Å². The standard InChI is InChI=1S/C10H11N3O6/c1-13-7(15)4-5(9(13)18)11-10(19)12-6(14)2-3-8(16)17/h2-3,5H,4H2,1H3,(H,16,17)(H2,11,12,14,19). The lowest BCUT2D eigenvalue weighted by Gasteiger charge is -2.10. The molecule has 1 aliphatic heterocycles. The number of carbonyl (C=O) groups excluding carboxylic acids is 4. The van der Waals surface area contributed by atoms with E-state index in [0.717, 1.165) is 4.90 Å². The van der Waals surface area contributed by atoms with Crippen LogP contribution in [0.15, 0.2) is 12.2 Å². The van der Waals surface area contributed by atoms with Gasteiger partial charge in [-0.05, 0) is 0 Å². The van der Waals surface area contributed by atoms with E-state index in [1.165, 1.54) is 7.05 Å². The minimum atomic E-state index is -1.34. The predicted molar refractivity (Wildman–Crippen MR) is 59.6 cm³/mol. The van der Waals surface area contributed by atoms with E-state index >= 15 is 0 Å². The average molecular weight is 269 g/mol. The number of carbonyl (C=O) groups is 5. The molecule has 0 aromatic heterocycles. The number of amides is 5. The van der Waals surface area contributed by atoms with Crippen LogP contribution < -0.4 is 10.6 Å². The topological polar surface area (TPSA) is 133 Å². The van der Waals surface area contributed by atoms with Crippen LogP contribution in [0.3, 0.4) is 0 Å². The number of imide groups is 2. The van der Waals surface area contributed by atoms with Crippen LogP contribution in [0.5, 0.6) is 0 Å².